The van der Waals surface area contributed by atoms with Gasteiger partial charge in [0, 0.05) is 22.8 Å². The SMILES string of the molecule is N#CCOc1ccc(NCc2cc(Cl)ccc2O)cc1. The molecule has 0 fully saturated rings. The number of halogens is 1. The van der Waals surface area contributed by atoms with Gasteiger partial charge in [-0.1, -0.05) is 11.6 Å². The number of aromatic hydroxyl groups is 1. The average molecular weight is 289 g/mol. The van der Waals surface area contributed by atoms with Gasteiger partial charge in [0.1, 0.15) is 17.6 Å². The maximum Gasteiger partial charge on any atom is 0.174 e. The Balaban J connectivity index is 1.97. The molecule has 0 bridgehead atoms. The summed E-state index contributed by atoms with van der Waals surface area (Å²) < 4.78 is 5.16. The first-order valence-electron chi connectivity index (χ1n) is 6.00. The van der Waals surface area contributed by atoms with Crippen molar-refractivity contribution < 1.29 is 9.84 Å². The highest BCUT2D eigenvalue weighted by molar-refractivity contribution is 6.30. The van der Waals surface area contributed by atoms with Crippen LogP contribution in [0, 0.1) is 11.3 Å². The summed E-state index contributed by atoms with van der Waals surface area (Å²) in [5.41, 5.74) is 1.61. The van der Waals surface area contributed by atoms with Gasteiger partial charge >= 0.3 is 0 Å². The van der Waals surface area contributed by atoms with Gasteiger partial charge in [-0.3, -0.25) is 0 Å². The molecule has 0 heterocycles. The topological polar surface area (TPSA) is 65.3 Å². The summed E-state index contributed by atoms with van der Waals surface area (Å²) in [7, 11) is 0. The van der Waals surface area contributed by atoms with Crippen LogP contribution in [0.15, 0.2) is 42.5 Å². The minimum absolute atomic E-state index is 0.0309. The molecule has 2 aromatic rings. The molecule has 0 unspecified atom stereocenters. The largest absolute Gasteiger partial charge is 0.508 e. The number of phenols is 1. The molecule has 5 heteroatoms. The van der Waals surface area contributed by atoms with E-state index in [0.29, 0.717) is 17.3 Å². The van der Waals surface area contributed by atoms with Crippen LogP contribution in [0.4, 0.5) is 5.69 Å². The van der Waals surface area contributed by atoms with Crippen LogP contribution in [0.25, 0.3) is 0 Å². The third-order valence-electron chi connectivity index (χ3n) is 2.68. The predicted octanol–water partition coefficient (Wildman–Crippen LogP) is 3.56. The number of anilines is 1. The third-order valence-corrected chi connectivity index (χ3v) is 2.92. The quantitative estimate of drug-likeness (QED) is 0.883. The molecule has 102 valence electrons. The fraction of sp³-hybridized carbons (Fsp3) is 0.133. The maximum atomic E-state index is 9.70. The monoisotopic (exact) mass is 288 g/mol. The Bertz CT molecular complexity index is 621. The Morgan fingerprint density at radius 2 is 1.95 bits per heavy atom. The fourth-order valence-corrected chi connectivity index (χ4v) is 1.87. The Morgan fingerprint density at radius 1 is 1.20 bits per heavy atom. The van der Waals surface area contributed by atoms with Crippen LogP contribution in [0.2, 0.25) is 5.02 Å². The van der Waals surface area contributed by atoms with Crippen molar-refractivity contribution in [1.82, 2.24) is 0 Å². The van der Waals surface area contributed by atoms with E-state index in [9.17, 15) is 5.11 Å². The van der Waals surface area contributed by atoms with E-state index in [2.05, 4.69) is 5.32 Å². The Labute approximate surface area is 122 Å². The molecule has 0 radical (unpaired) electrons. The minimum atomic E-state index is 0.0309. The second-order valence-electron chi connectivity index (χ2n) is 4.10. The zero-order chi connectivity index (χ0) is 14.4. The number of benzene rings is 2. The van der Waals surface area contributed by atoms with E-state index in [1.807, 2.05) is 18.2 Å². The summed E-state index contributed by atoms with van der Waals surface area (Å²) in [5, 5.41) is 21.9. The zero-order valence-electron chi connectivity index (χ0n) is 10.6. The molecular weight excluding hydrogens is 276 g/mol. The van der Waals surface area contributed by atoms with Crippen molar-refractivity contribution in [2.75, 3.05) is 11.9 Å². The molecule has 0 aromatic heterocycles. The molecule has 0 atom stereocenters. The smallest absolute Gasteiger partial charge is 0.174 e. The van der Waals surface area contributed by atoms with Crippen LogP contribution >= 0.6 is 11.6 Å². The number of hydrogen-bond acceptors (Lipinski definition) is 4. The number of phenolic OH excluding ortho intramolecular Hbond substituents is 1. The molecule has 0 aliphatic rings. The molecule has 0 saturated heterocycles. The van der Waals surface area contributed by atoms with Crippen molar-refractivity contribution in [1.29, 1.82) is 5.26 Å². The Kier molecular flexibility index (Phi) is 4.70. The molecule has 20 heavy (non-hydrogen) atoms. The number of hydrogen-bond donors (Lipinski definition) is 2. The average Bonchev–Trinajstić information content (AvgIpc) is 2.47. The van der Waals surface area contributed by atoms with E-state index in [-0.39, 0.29) is 12.4 Å². The highest BCUT2D eigenvalue weighted by atomic mass is 35.5. The number of nitriles is 1. The van der Waals surface area contributed by atoms with Crippen molar-refractivity contribution in [3.63, 3.8) is 0 Å². The van der Waals surface area contributed by atoms with Crippen LogP contribution in [0.5, 0.6) is 11.5 Å². The molecule has 0 amide bonds. The minimum Gasteiger partial charge on any atom is -0.508 e. The molecule has 0 aliphatic carbocycles. The first-order chi connectivity index (χ1) is 9.69. The Morgan fingerprint density at radius 3 is 2.65 bits per heavy atom. The molecule has 0 spiro atoms. The van der Waals surface area contributed by atoms with Gasteiger partial charge < -0.3 is 15.2 Å². The lowest BCUT2D eigenvalue weighted by Gasteiger charge is -2.09. The normalized spacial score (nSPS) is 9.80. The van der Waals surface area contributed by atoms with Crippen molar-refractivity contribution in [2.45, 2.75) is 6.54 Å². The number of ether oxygens (including phenoxy) is 1. The van der Waals surface area contributed by atoms with E-state index in [0.717, 1.165) is 11.3 Å². The van der Waals surface area contributed by atoms with Gasteiger partial charge in [-0.15, -0.1) is 0 Å². The fourth-order valence-electron chi connectivity index (χ4n) is 1.68. The Hall–Kier alpha value is -2.38. The van der Waals surface area contributed by atoms with Gasteiger partial charge in [0.2, 0.25) is 0 Å². The first kappa shape index (κ1) is 14.0. The molecule has 0 aliphatic heterocycles. The highest BCUT2D eigenvalue weighted by Crippen LogP contribution is 2.23. The molecule has 2 aromatic carbocycles. The maximum absolute atomic E-state index is 9.70. The summed E-state index contributed by atoms with van der Waals surface area (Å²) in [4.78, 5) is 0. The van der Waals surface area contributed by atoms with E-state index < -0.39 is 0 Å². The number of nitrogens with zero attached hydrogens (tertiary/aromatic N) is 1. The van der Waals surface area contributed by atoms with E-state index in [4.69, 9.17) is 21.6 Å². The van der Waals surface area contributed by atoms with Crippen LogP contribution in [-0.2, 0) is 6.54 Å². The van der Waals surface area contributed by atoms with E-state index >= 15 is 0 Å². The standard InChI is InChI=1S/C15H13ClN2O2/c16-12-1-6-15(19)11(9-12)10-18-13-2-4-14(5-3-13)20-8-7-17/h1-6,9,18-19H,8,10H2. The van der Waals surface area contributed by atoms with Gasteiger partial charge in [-0.05, 0) is 42.5 Å². The van der Waals surface area contributed by atoms with Crippen molar-refractivity contribution in [2.24, 2.45) is 0 Å². The third kappa shape index (κ3) is 3.81. The molecule has 4 nitrogen and oxygen atoms in total. The molecule has 0 saturated carbocycles. The lowest BCUT2D eigenvalue weighted by molar-refractivity contribution is 0.368. The summed E-state index contributed by atoms with van der Waals surface area (Å²) in [6.07, 6.45) is 0. The predicted molar refractivity (Wildman–Crippen MR) is 78.0 cm³/mol. The molecular formula is C15H13ClN2O2. The number of rotatable bonds is 5. The first-order valence-corrected chi connectivity index (χ1v) is 6.38. The van der Waals surface area contributed by atoms with Crippen molar-refractivity contribution in [3.8, 4) is 17.6 Å². The second kappa shape index (κ2) is 6.69. The number of nitrogens with one attached hydrogen (secondary N) is 1. The highest BCUT2D eigenvalue weighted by Gasteiger charge is 2.02. The van der Waals surface area contributed by atoms with Gasteiger partial charge in [-0.2, -0.15) is 5.26 Å². The summed E-state index contributed by atoms with van der Waals surface area (Å²) in [5.74, 6) is 0.846. The molecule has 2 rings (SSSR count). The van der Waals surface area contributed by atoms with Crippen LogP contribution in [0.3, 0.4) is 0 Å². The lowest BCUT2D eigenvalue weighted by Crippen LogP contribution is -2.00. The summed E-state index contributed by atoms with van der Waals surface area (Å²) in [6, 6.07) is 14.1. The van der Waals surface area contributed by atoms with Gasteiger partial charge in [0.15, 0.2) is 6.61 Å². The summed E-state index contributed by atoms with van der Waals surface area (Å²) in [6.45, 7) is 0.494. The molecule has 2 N–H and O–H groups in total. The van der Waals surface area contributed by atoms with Crippen LogP contribution in [-0.4, -0.2) is 11.7 Å². The summed E-state index contributed by atoms with van der Waals surface area (Å²) >= 11 is 5.89. The second-order valence-corrected chi connectivity index (χ2v) is 4.53. The van der Waals surface area contributed by atoms with Gasteiger partial charge in [0.05, 0.1) is 0 Å². The van der Waals surface area contributed by atoms with Crippen LogP contribution < -0.4 is 10.1 Å². The van der Waals surface area contributed by atoms with Gasteiger partial charge in [0.25, 0.3) is 0 Å². The lowest BCUT2D eigenvalue weighted by atomic mass is 10.2. The van der Waals surface area contributed by atoms with Crippen molar-refractivity contribution in [3.05, 3.63) is 53.1 Å². The van der Waals surface area contributed by atoms with Crippen molar-refractivity contribution >= 4 is 17.3 Å². The van der Waals surface area contributed by atoms with Gasteiger partial charge in [-0.25, -0.2) is 0 Å². The van der Waals surface area contributed by atoms with E-state index in [1.165, 1.54) is 0 Å². The van der Waals surface area contributed by atoms with E-state index in [1.54, 1.807) is 30.3 Å². The zero-order valence-corrected chi connectivity index (χ0v) is 11.4. The van der Waals surface area contributed by atoms with Crippen LogP contribution in [0.1, 0.15) is 5.56 Å².